The van der Waals surface area contributed by atoms with E-state index in [2.05, 4.69) is 22.0 Å². The van der Waals surface area contributed by atoms with Crippen molar-refractivity contribution in [1.82, 2.24) is 10.6 Å². The zero-order chi connectivity index (χ0) is 19.8. The number of aromatic hydroxyl groups is 1. The maximum atomic E-state index is 12.0. The Labute approximate surface area is 189 Å². The number of phenolic OH excluding ortho intramolecular Hbond substituents is 1. The molecule has 1 aliphatic heterocycles. The highest BCUT2D eigenvalue weighted by atomic mass is 127. The summed E-state index contributed by atoms with van der Waals surface area (Å²) in [5, 5.41) is 18.9. The third-order valence-corrected chi connectivity index (χ3v) is 4.79. The lowest BCUT2D eigenvalue weighted by atomic mass is 9.91. The minimum atomic E-state index is 0. The molecule has 1 atom stereocenters. The number of amides is 1. The normalized spacial score (nSPS) is 15.7. The minimum absolute atomic E-state index is 0. The van der Waals surface area contributed by atoms with E-state index in [0.29, 0.717) is 18.7 Å². The van der Waals surface area contributed by atoms with E-state index in [9.17, 15) is 9.90 Å². The number of nitrogens with one attached hydrogen (secondary N) is 3. The Morgan fingerprint density at radius 2 is 1.93 bits per heavy atom. The topological polar surface area (TPSA) is 85.8 Å². The zero-order valence-electron chi connectivity index (χ0n) is 16.6. The van der Waals surface area contributed by atoms with Crippen molar-refractivity contribution in [2.24, 2.45) is 4.99 Å². The third kappa shape index (κ3) is 6.92. The molecule has 0 aromatic heterocycles. The Morgan fingerprint density at radius 1 is 1.17 bits per heavy atom. The van der Waals surface area contributed by atoms with Gasteiger partial charge < -0.3 is 21.1 Å². The highest BCUT2D eigenvalue weighted by Gasteiger charge is 2.24. The molecular weight excluding hydrogens is 479 g/mol. The molecule has 7 heteroatoms. The second-order valence-electron chi connectivity index (χ2n) is 6.95. The summed E-state index contributed by atoms with van der Waals surface area (Å²) >= 11 is 0. The monoisotopic (exact) mass is 508 g/mol. The number of nitrogens with zero attached hydrogens (tertiary/aromatic N) is 1. The molecule has 0 fully saturated rings. The molecule has 0 spiro atoms. The van der Waals surface area contributed by atoms with Gasteiger partial charge in [-0.25, -0.2) is 0 Å². The molecule has 2 aromatic rings. The fraction of sp³-hybridized carbons (Fsp3) is 0.364. The van der Waals surface area contributed by atoms with E-state index >= 15 is 0 Å². The standard InChI is InChI=1S/C22H28N4O2.HI/c1-2-23-22(24-13-5-6-16-9-11-18(27)12-10-16)25-15-17-14-21(28)26-20-8-4-3-7-19(17)20;/h3-4,7-12,17,27H,2,5-6,13-15H2,1H3,(H,26,28)(H2,23,24,25);1H. The fourth-order valence-electron chi connectivity index (χ4n) is 3.37. The smallest absolute Gasteiger partial charge is 0.225 e. The van der Waals surface area contributed by atoms with E-state index < -0.39 is 0 Å². The molecule has 0 saturated heterocycles. The number of carbonyl (C=O) groups excluding carboxylic acids is 1. The van der Waals surface area contributed by atoms with Gasteiger partial charge in [0.25, 0.3) is 0 Å². The first-order valence-corrected chi connectivity index (χ1v) is 9.84. The average molecular weight is 508 g/mol. The van der Waals surface area contributed by atoms with Gasteiger partial charge in [0.05, 0.1) is 6.54 Å². The molecule has 1 aliphatic rings. The summed E-state index contributed by atoms with van der Waals surface area (Å²) in [5.74, 6) is 1.21. The molecule has 0 bridgehead atoms. The molecule has 2 aromatic carbocycles. The molecule has 6 nitrogen and oxygen atoms in total. The van der Waals surface area contributed by atoms with E-state index in [1.807, 2.05) is 37.3 Å². The Morgan fingerprint density at radius 3 is 2.69 bits per heavy atom. The van der Waals surface area contributed by atoms with Gasteiger partial charge in [0.2, 0.25) is 5.91 Å². The Bertz CT molecular complexity index is 824. The number of aliphatic imine (C=N–C) groups is 1. The third-order valence-electron chi connectivity index (χ3n) is 4.79. The Hall–Kier alpha value is -2.29. The molecular formula is C22H29IN4O2. The quantitative estimate of drug-likeness (QED) is 0.199. The number of rotatable bonds is 7. The van der Waals surface area contributed by atoms with Crippen LogP contribution in [0.4, 0.5) is 5.69 Å². The molecule has 3 rings (SSSR count). The van der Waals surface area contributed by atoms with Crippen LogP contribution in [0.3, 0.4) is 0 Å². The number of fused-ring (bicyclic) bond motifs is 1. The van der Waals surface area contributed by atoms with Crippen molar-refractivity contribution >= 4 is 41.5 Å². The van der Waals surface area contributed by atoms with E-state index in [4.69, 9.17) is 4.99 Å². The minimum Gasteiger partial charge on any atom is -0.508 e. The summed E-state index contributed by atoms with van der Waals surface area (Å²) < 4.78 is 0. The van der Waals surface area contributed by atoms with Gasteiger partial charge in [-0.1, -0.05) is 30.3 Å². The molecule has 1 unspecified atom stereocenters. The number of hydrogen-bond donors (Lipinski definition) is 4. The van der Waals surface area contributed by atoms with Crippen LogP contribution in [-0.4, -0.2) is 36.6 Å². The summed E-state index contributed by atoms with van der Waals surface area (Å²) in [6.07, 6.45) is 2.35. The number of aryl methyl sites for hydroxylation is 1. The number of anilines is 1. The van der Waals surface area contributed by atoms with Gasteiger partial charge >= 0.3 is 0 Å². The molecule has 0 aliphatic carbocycles. The number of hydrogen-bond acceptors (Lipinski definition) is 3. The van der Waals surface area contributed by atoms with Gasteiger partial charge in [-0.05, 0) is 49.1 Å². The number of benzene rings is 2. The maximum Gasteiger partial charge on any atom is 0.225 e. The van der Waals surface area contributed by atoms with Crippen LogP contribution < -0.4 is 16.0 Å². The van der Waals surface area contributed by atoms with Crippen LogP contribution in [0.2, 0.25) is 0 Å². The van der Waals surface area contributed by atoms with E-state index in [1.165, 1.54) is 5.56 Å². The van der Waals surface area contributed by atoms with Crippen molar-refractivity contribution in [3.63, 3.8) is 0 Å². The molecule has 0 saturated carbocycles. The molecule has 29 heavy (non-hydrogen) atoms. The predicted octanol–water partition coefficient (Wildman–Crippen LogP) is 3.62. The van der Waals surface area contributed by atoms with Crippen molar-refractivity contribution in [2.75, 3.05) is 25.0 Å². The van der Waals surface area contributed by atoms with Crippen LogP contribution in [0.1, 0.15) is 36.8 Å². The van der Waals surface area contributed by atoms with Crippen molar-refractivity contribution in [1.29, 1.82) is 0 Å². The molecule has 0 radical (unpaired) electrons. The number of para-hydroxylation sites is 1. The first-order valence-electron chi connectivity index (χ1n) is 9.84. The van der Waals surface area contributed by atoms with Crippen molar-refractivity contribution in [3.8, 4) is 5.75 Å². The lowest BCUT2D eigenvalue weighted by Gasteiger charge is -2.24. The van der Waals surface area contributed by atoms with Gasteiger partial charge in [-0.15, -0.1) is 24.0 Å². The average Bonchev–Trinajstić information content (AvgIpc) is 2.70. The molecule has 156 valence electrons. The van der Waals surface area contributed by atoms with Crippen LogP contribution in [-0.2, 0) is 11.2 Å². The van der Waals surface area contributed by atoms with Crippen LogP contribution in [0.5, 0.6) is 5.75 Å². The predicted molar refractivity (Wildman–Crippen MR) is 128 cm³/mol. The Balaban J connectivity index is 0.00000300. The van der Waals surface area contributed by atoms with Gasteiger partial charge in [0.15, 0.2) is 5.96 Å². The van der Waals surface area contributed by atoms with Gasteiger partial charge in [-0.3, -0.25) is 9.79 Å². The summed E-state index contributed by atoms with van der Waals surface area (Å²) in [7, 11) is 0. The van der Waals surface area contributed by atoms with Crippen LogP contribution in [0.15, 0.2) is 53.5 Å². The molecule has 1 amide bonds. The van der Waals surface area contributed by atoms with Crippen LogP contribution in [0.25, 0.3) is 0 Å². The fourth-order valence-corrected chi connectivity index (χ4v) is 3.37. The summed E-state index contributed by atoms with van der Waals surface area (Å²) in [6.45, 7) is 4.19. The zero-order valence-corrected chi connectivity index (χ0v) is 19.0. The first kappa shape index (κ1) is 23.0. The molecule has 4 N–H and O–H groups in total. The number of carbonyl (C=O) groups is 1. The largest absolute Gasteiger partial charge is 0.508 e. The lowest BCUT2D eigenvalue weighted by molar-refractivity contribution is -0.116. The van der Waals surface area contributed by atoms with Gasteiger partial charge in [0, 0.05) is 31.1 Å². The van der Waals surface area contributed by atoms with E-state index in [0.717, 1.165) is 43.1 Å². The SMILES string of the molecule is CCNC(=NCC1CC(=O)Nc2ccccc21)NCCCc1ccc(O)cc1.I. The second kappa shape index (κ2) is 11.6. The second-order valence-corrected chi connectivity index (χ2v) is 6.95. The molecule has 1 heterocycles. The van der Waals surface area contributed by atoms with Gasteiger partial charge in [-0.2, -0.15) is 0 Å². The lowest BCUT2D eigenvalue weighted by Crippen LogP contribution is -2.38. The van der Waals surface area contributed by atoms with Crippen molar-refractivity contribution in [2.45, 2.75) is 32.1 Å². The van der Waals surface area contributed by atoms with Gasteiger partial charge in [0.1, 0.15) is 5.75 Å². The van der Waals surface area contributed by atoms with E-state index in [1.54, 1.807) is 12.1 Å². The maximum absolute atomic E-state index is 12.0. The summed E-state index contributed by atoms with van der Waals surface area (Å²) in [4.78, 5) is 16.7. The van der Waals surface area contributed by atoms with Crippen LogP contribution in [0, 0.1) is 0 Å². The number of guanidine groups is 1. The first-order chi connectivity index (χ1) is 13.7. The summed E-state index contributed by atoms with van der Waals surface area (Å²) in [5.41, 5.74) is 3.24. The Kier molecular flexibility index (Phi) is 9.24. The summed E-state index contributed by atoms with van der Waals surface area (Å²) in [6, 6.07) is 15.3. The van der Waals surface area contributed by atoms with E-state index in [-0.39, 0.29) is 35.8 Å². The number of phenols is 1. The van der Waals surface area contributed by atoms with Crippen molar-refractivity contribution < 1.29 is 9.90 Å². The highest BCUT2D eigenvalue weighted by molar-refractivity contribution is 14.0. The van der Waals surface area contributed by atoms with Crippen LogP contribution >= 0.6 is 24.0 Å². The van der Waals surface area contributed by atoms with Crippen molar-refractivity contribution in [3.05, 3.63) is 59.7 Å². The highest BCUT2D eigenvalue weighted by Crippen LogP contribution is 2.31. The number of halogens is 1.